The molecule has 92 valence electrons. The zero-order chi connectivity index (χ0) is 12.2. The minimum Gasteiger partial charge on any atom is -0.271 e. The maximum atomic E-state index is 11.1. The van der Waals surface area contributed by atoms with E-state index in [-0.39, 0.29) is 11.8 Å². The van der Waals surface area contributed by atoms with Gasteiger partial charge in [0, 0.05) is 11.1 Å². The Morgan fingerprint density at radius 3 is 2.75 bits per heavy atom. The molecule has 0 spiro atoms. The second-order valence-corrected chi connectivity index (χ2v) is 7.01. The van der Waals surface area contributed by atoms with Crippen molar-refractivity contribution in [3.05, 3.63) is 21.9 Å². The van der Waals surface area contributed by atoms with Crippen LogP contribution in [0.15, 0.2) is 11.4 Å². The number of hydrogen-bond donors (Lipinski definition) is 2. The third-order valence-corrected chi connectivity index (χ3v) is 4.51. The van der Waals surface area contributed by atoms with Crippen LogP contribution >= 0.6 is 11.3 Å². The van der Waals surface area contributed by atoms with E-state index in [0.29, 0.717) is 6.42 Å². The fraction of sp³-hybridized carbons (Fsp3) is 0.600. The molecule has 1 unspecified atom stereocenters. The SMILES string of the molecule is CCc1ccsc1C(CCS(C)(=O)=O)NN. The second-order valence-electron chi connectivity index (χ2n) is 3.80. The van der Waals surface area contributed by atoms with Gasteiger partial charge in [0.1, 0.15) is 9.84 Å². The minimum atomic E-state index is -2.93. The van der Waals surface area contributed by atoms with Crippen molar-refractivity contribution in [3.8, 4) is 0 Å². The summed E-state index contributed by atoms with van der Waals surface area (Å²) in [5.74, 6) is 5.63. The highest BCUT2D eigenvalue weighted by molar-refractivity contribution is 7.90. The molecule has 3 N–H and O–H groups in total. The van der Waals surface area contributed by atoms with Crippen LogP contribution in [0.4, 0.5) is 0 Å². The summed E-state index contributed by atoms with van der Waals surface area (Å²) in [7, 11) is -2.93. The molecule has 0 aliphatic rings. The fourth-order valence-corrected chi connectivity index (χ4v) is 3.32. The van der Waals surface area contributed by atoms with Gasteiger partial charge in [-0.25, -0.2) is 8.42 Å². The lowest BCUT2D eigenvalue weighted by atomic mass is 10.1. The van der Waals surface area contributed by atoms with Gasteiger partial charge in [-0.05, 0) is 29.9 Å². The van der Waals surface area contributed by atoms with Gasteiger partial charge < -0.3 is 0 Å². The normalized spacial score (nSPS) is 13.9. The molecule has 0 aliphatic heterocycles. The van der Waals surface area contributed by atoms with E-state index in [1.807, 2.05) is 5.38 Å². The first-order chi connectivity index (χ1) is 7.48. The molecule has 1 heterocycles. The van der Waals surface area contributed by atoms with Crippen molar-refractivity contribution in [3.63, 3.8) is 0 Å². The molecule has 0 radical (unpaired) electrons. The zero-order valence-corrected chi connectivity index (χ0v) is 11.2. The summed E-state index contributed by atoms with van der Waals surface area (Å²) in [5.41, 5.74) is 3.94. The van der Waals surface area contributed by atoms with Gasteiger partial charge in [0.2, 0.25) is 0 Å². The van der Waals surface area contributed by atoms with E-state index in [4.69, 9.17) is 5.84 Å². The standard InChI is InChI=1S/C10H18N2O2S2/c1-3-8-4-6-15-10(8)9(12-11)5-7-16(2,13)14/h4,6,9,12H,3,5,7,11H2,1-2H3. The van der Waals surface area contributed by atoms with Crippen molar-refractivity contribution in [2.75, 3.05) is 12.0 Å². The van der Waals surface area contributed by atoms with Crippen molar-refractivity contribution in [1.29, 1.82) is 0 Å². The Hall–Kier alpha value is -0.430. The van der Waals surface area contributed by atoms with Gasteiger partial charge in [-0.15, -0.1) is 11.3 Å². The van der Waals surface area contributed by atoms with Crippen LogP contribution < -0.4 is 11.3 Å². The molecular formula is C10H18N2O2S2. The highest BCUT2D eigenvalue weighted by atomic mass is 32.2. The van der Waals surface area contributed by atoms with Gasteiger partial charge >= 0.3 is 0 Å². The number of aryl methyl sites for hydroxylation is 1. The second kappa shape index (κ2) is 5.77. The summed E-state index contributed by atoms with van der Waals surface area (Å²) in [6, 6.07) is 2.00. The van der Waals surface area contributed by atoms with E-state index in [2.05, 4.69) is 18.4 Å². The molecule has 0 saturated heterocycles. The molecule has 1 aromatic rings. The Morgan fingerprint density at radius 1 is 1.56 bits per heavy atom. The Labute approximate surface area is 101 Å². The van der Waals surface area contributed by atoms with E-state index in [1.165, 1.54) is 11.8 Å². The van der Waals surface area contributed by atoms with Crippen LogP contribution in [0.1, 0.15) is 29.8 Å². The van der Waals surface area contributed by atoms with E-state index in [1.54, 1.807) is 11.3 Å². The van der Waals surface area contributed by atoms with E-state index in [0.717, 1.165) is 11.3 Å². The van der Waals surface area contributed by atoms with Gasteiger partial charge in [0.05, 0.1) is 11.8 Å². The molecule has 1 atom stereocenters. The van der Waals surface area contributed by atoms with Crippen LogP contribution in [0.25, 0.3) is 0 Å². The molecule has 0 fully saturated rings. The Morgan fingerprint density at radius 2 is 2.25 bits per heavy atom. The molecule has 0 bridgehead atoms. The smallest absolute Gasteiger partial charge is 0.147 e. The average Bonchev–Trinajstić information content (AvgIpc) is 2.65. The number of sulfone groups is 1. The predicted octanol–water partition coefficient (Wildman–Crippen LogP) is 1.25. The summed E-state index contributed by atoms with van der Waals surface area (Å²) in [6.45, 7) is 2.08. The topological polar surface area (TPSA) is 72.2 Å². The molecule has 6 heteroatoms. The molecule has 1 aromatic heterocycles. The quantitative estimate of drug-likeness (QED) is 0.598. The van der Waals surface area contributed by atoms with Crippen LogP contribution in [0.2, 0.25) is 0 Å². The molecule has 0 aliphatic carbocycles. The van der Waals surface area contributed by atoms with E-state index >= 15 is 0 Å². The van der Waals surface area contributed by atoms with Gasteiger partial charge in [0.15, 0.2) is 0 Å². The lowest BCUT2D eigenvalue weighted by molar-refractivity contribution is 0.535. The predicted molar refractivity (Wildman–Crippen MR) is 68.1 cm³/mol. The van der Waals surface area contributed by atoms with Crippen LogP contribution in [0, 0.1) is 0 Å². The summed E-state index contributed by atoms with van der Waals surface area (Å²) in [4.78, 5) is 1.15. The molecule has 0 amide bonds. The number of nitrogens with two attached hydrogens (primary N) is 1. The van der Waals surface area contributed by atoms with Crippen molar-refractivity contribution < 1.29 is 8.42 Å². The van der Waals surface area contributed by atoms with Gasteiger partial charge in [-0.2, -0.15) is 0 Å². The summed E-state index contributed by atoms with van der Waals surface area (Å²) < 4.78 is 22.2. The number of hydrazine groups is 1. The summed E-state index contributed by atoms with van der Waals surface area (Å²) in [5, 5.41) is 2.01. The van der Waals surface area contributed by atoms with E-state index < -0.39 is 9.84 Å². The number of thiophene rings is 1. The molecule has 0 aromatic carbocycles. The molecule has 4 nitrogen and oxygen atoms in total. The van der Waals surface area contributed by atoms with Crippen molar-refractivity contribution in [1.82, 2.24) is 5.43 Å². The van der Waals surface area contributed by atoms with Crippen LogP contribution in [0.5, 0.6) is 0 Å². The first kappa shape index (κ1) is 13.6. The summed E-state index contributed by atoms with van der Waals surface area (Å²) >= 11 is 1.62. The third kappa shape index (κ3) is 3.86. The first-order valence-corrected chi connectivity index (χ1v) is 8.12. The largest absolute Gasteiger partial charge is 0.271 e. The maximum absolute atomic E-state index is 11.1. The maximum Gasteiger partial charge on any atom is 0.147 e. The van der Waals surface area contributed by atoms with Gasteiger partial charge in [0.25, 0.3) is 0 Å². The molecule has 16 heavy (non-hydrogen) atoms. The van der Waals surface area contributed by atoms with Crippen LogP contribution in [-0.2, 0) is 16.3 Å². The molecule has 1 rings (SSSR count). The van der Waals surface area contributed by atoms with Crippen molar-refractivity contribution in [2.24, 2.45) is 5.84 Å². The number of nitrogens with one attached hydrogen (secondary N) is 1. The highest BCUT2D eigenvalue weighted by Gasteiger charge is 2.16. The monoisotopic (exact) mass is 262 g/mol. The minimum absolute atomic E-state index is 0.0651. The Balaban J connectivity index is 2.75. The van der Waals surface area contributed by atoms with Crippen molar-refractivity contribution >= 4 is 21.2 Å². The first-order valence-electron chi connectivity index (χ1n) is 5.18. The lowest BCUT2D eigenvalue weighted by Gasteiger charge is -2.15. The molecular weight excluding hydrogens is 244 g/mol. The average molecular weight is 262 g/mol. The Bertz CT molecular complexity index is 426. The van der Waals surface area contributed by atoms with Gasteiger partial charge in [-0.3, -0.25) is 11.3 Å². The fourth-order valence-electron chi connectivity index (χ4n) is 1.57. The lowest BCUT2D eigenvalue weighted by Crippen LogP contribution is -2.29. The van der Waals surface area contributed by atoms with Crippen molar-refractivity contribution in [2.45, 2.75) is 25.8 Å². The summed E-state index contributed by atoms with van der Waals surface area (Å²) in [6.07, 6.45) is 2.70. The Kier molecular flexibility index (Phi) is 4.91. The van der Waals surface area contributed by atoms with Crippen LogP contribution in [-0.4, -0.2) is 20.4 Å². The van der Waals surface area contributed by atoms with Crippen LogP contribution in [0.3, 0.4) is 0 Å². The third-order valence-electron chi connectivity index (χ3n) is 2.46. The number of rotatable bonds is 6. The number of hydrogen-bond acceptors (Lipinski definition) is 5. The highest BCUT2D eigenvalue weighted by Crippen LogP contribution is 2.27. The molecule has 0 saturated carbocycles. The van der Waals surface area contributed by atoms with E-state index in [9.17, 15) is 8.42 Å². The van der Waals surface area contributed by atoms with Gasteiger partial charge in [-0.1, -0.05) is 6.92 Å². The zero-order valence-electron chi connectivity index (χ0n) is 9.56.